The van der Waals surface area contributed by atoms with Crippen molar-refractivity contribution < 1.29 is 57.2 Å². The van der Waals surface area contributed by atoms with Gasteiger partial charge in [-0.25, -0.2) is 0 Å². The van der Waals surface area contributed by atoms with Crippen molar-refractivity contribution in [1.82, 2.24) is 0 Å². The smallest absolute Gasteiger partial charge is 1.00 e. The summed E-state index contributed by atoms with van der Waals surface area (Å²) in [6, 6.07) is 4.05. The predicted octanol–water partition coefficient (Wildman–Crippen LogP) is -6.67. The topological polar surface area (TPSA) is 92.2 Å². The van der Waals surface area contributed by atoms with Crippen LogP contribution in [0, 0.1) is 0 Å². The van der Waals surface area contributed by atoms with Crippen LogP contribution in [-0.4, -0.2) is 5.97 Å². The van der Waals surface area contributed by atoms with E-state index >= 15 is 0 Å². The Morgan fingerprint density at radius 1 is 1.21 bits per heavy atom. The van der Waals surface area contributed by atoms with Crippen molar-refractivity contribution in [3.63, 3.8) is 0 Å². The standard InChI is InChI=1S/C7H8N2O2.2ClH.Pt/c8-5-2-1-4(7(10)11)3-6(5)9;;;/h1-3H,8-9H2,(H,10,11);2*1H;/q;;;+2/p-2. The first-order chi connectivity index (χ1) is 5.11. The van der Waals surface area contributed by atoms with Crippen LogP contribution in [0.1, 0.15) is 11.8 Å². The Balaban J connectivity index is -0.000000151. The van der Waals surface area contributed by atoms with Crippen molar-refractivity contribution in [3.8, 4) is 0 Å². The molecule has 7 heteroatoms. The van der Waals surface area contributed by atoms with E-state index in [1.807, 2.05) is 0 Å². The Hall–Kier alpha value is -0.442. The molecule has 0 bridgehead atoms. The molecule has 0 aliphatic rings. The third-order valence-corrected chi connectivity index (χ3v) is 1.32. The molecule has 1 rings (SSSR count). The van der Waals surface area contributed by atoms with E-state index in [9.17, 15) is 9.90 Å². The fourth-order valence-electron chi connectivity index (χ4n) is 0.702. The molecule has 1 aromatic carbocycles. The summed E-state index contributed by atoms with van der Waals surface area (Å²) in [7, 11) is 0. The van der Waals surface area contributed by atoms with Gasteiger partial charge in [0.25, 0.3) is 0 Å². The maximum atomic E-state index is 10.3. The summed E-state index contributed by atoms with van der Waals surface area (Å²) in [6.07, 6.45) is 0. The van der Waals surface area contributed by atoms with Crippen LogP contribution in [0.25, 0.3) is 0 Å². The molecule has 0 saturated heterocycles. The summed E-state index contributed by atoms with van der Waals surface area (Å²) in [6.45, 7) is 0. The molecule has 0 aliphatic carbocycles. The van der Waals surface area contributed by atoms with Crippen LogP contribution in [0.2, 0.25) is 0 Å². The molecule has 4 nitrogen and oxygen atoms in total. The van der Waals surface area contributed by atoms with Crippen LogP contribution in [0.5, 0.6) is 0 Å². The molecule has 14 heavy (non-hydrogen) atoms. The number of hydrogen-bond acceptors (Lipinski definition) is 4. The van der Waals surface area contributed by atoms with Crippen molar-refractivity contribution in [2.24, 2.45) is 0 Å². The van der Waals surface area contributed by atoms with Gasteiger partial charge in [0.05, 0.1) is 17.3 Å². The van der Waals surface area contributed by atoms with E-state index in [1.165, 1.54) is 18.2 Å². The molecule has 1 aromatic rings. The van der Waals surface area contributed by atoms with E-state index < -0.39 is 5.97 Å². The van der Waals surface area contributed by atoms with Gasteiger partial charge in [-0.3, -0.25) is 0 Å². The van der Waals surface area contributed by atoms with E-state index in [0.29, 0.717) is 5.69 Å². The number of nitrogen functional groups attached to an aromatic ring is 2. The maximum Gasteiger partial charge on any atom is 2.00 e. The summed E-state index contributed by atoms with van der Waals surface area (Å²) >= 11 is 0. The van der Waals surface area contributed by atoms with Crippen LogP contribution in [0.3, 0.4) is 0 Å². The van der Waals surface area contributed by atoms with Gasteiger partial charge in [0.2, 0.25) is 0 Å². The van der Waals surface area contributed by atoms with Crippen molar-refractivity contribution in [3.05, 3.63) is 23.8 Å². The average Bonchev–Trinajstić information content (AvgIpc) is 1.94. The summed E-state index contributed by atoms with van der Waals surface area (Å²) in [4.78, 5) is 10.3. The first-order valence-electron chi connectivity index (χ1n) is 2.97. The maximum absolute atomic E-state index is 10.3. The van der Waals surface area contributed by atoms with Gasteiger partial charge in [-0.15, -0.1) is 0 Å². The Labute approximate surface area is 110 Å². The first kappa shape index (κ1) is 19.2. The van der Waals surface area contributed by atoms with Gasteiger partial charge in [-0.05, 0) is 17.7 Å². The minimum Gasteiger partial charge on any atom is -1.00 e. The van der Waals surface area contributed by atoms with E-state index in [-0.39, 0.29) is 58.6 Å². The van der Waals surface area contributed by atoms with Crippen LogP contribution in [0.4, 0.5) is 11.4 Å². The predicted molar refractivity (Wildman–Crippen MR) is 40.7 cm³/mol. The third-order valence-electron chi connectivity index (χ3n) is 1.32. The monoisotopic (exact) mass is 417 g/mol. The first-order valence-corrected chi connectivity index (χ1v) is 2.97. The van der Waals surface area contributed by atoms with Crippen LogP contribution in [-0.2, 0) is 21.1 Å². The fraction of sp³-hybridized carbons (Fsp3) is 0. The number of carboxylic acids is 1. The van der Waals surface area contributed by atoms with Crippen molar-refractivity contribution in [2.45, 2.75) is 0 Å². The average molecular weight is 418 g/mol. The van der Waals surface area contributed by atoms with E-state index in [0.717, 1.165) is 0 Å². The number of anilines is 2. The second-order valence-electron chi connectivity index (χ2n) is 2.13. The SMILES string of the molecule is Nc1ccc(C(=O)[O-])cc1N.[Cl-].[Cl-].[H+].[Pt+2]. The van der Waals surface area contributed by atoms with Crippen molar-refractivity contribution in [2.75, 3.05) is 11.5 Å². The minimum absolute atomic E-state index is 0. The molecular weight excluding hydrogens is 410 g/mol. The Morgan fingerprint density at radius 3 is 2.07 bits per heavy atom. The number of halogens is 2. The number of nitrogens with two attached hydrogens (primary N) is 2. The van der Waals surface area contributed by atoms with Gasteiger partial charge in [-0.2, -0.15) is 0 Å². The summed E-state index contributed by atoms with van der Waals surface area (Å²) < 4.78 is 0. The number of rotatable bonds is 1. The molecule has 82 valence electrons. The summed E-state index contributed by atoms with van der Waals surface area (Å²) in [5.41, 5.74) is 11.4. The molecule has 0 amide bonds. The Kier molecular flexibility index (Phi) is 10.8. The van der Waals surface area contributed by atoms with Gasteiger partial charge in [-0.1, -0.05) is 6.07 Å². The number of carbonyl (C=O) groups excluding carboxylic acids is 1. The molecule has 0 aromatic heterocycles. The number of benzene rings is 1. The molecule has 4 N–H and O–H groups in total. The molecule has 0 aliphatic heterocycles. The van der Waals surface area contributed by atoms with Gasteiger partial charge in [0, 0.05) is 0 Å². The zero-order chi connectivity index (χ0) is 8.43. The fourth-order valence-corrected chi connectivity index (χ4v) is 0.702. The molecular formula is C7H8Cl2N2O2Pt. The quantitative estimate of drug-likeness (QED) is 0.444. The molecule has 0 radical (unpaired) electrons. The molecule has 0 fully saturated rings. The van der Waals surface area contributed by atoms with E-state index in [4.69, 9.17) is 11.5 Å². The second-order valence-corrected chi connectivity index (χ2v) is 2.13. The molecule has 0 heterocycles. The Morgan fingerprint density at radius 2 is 1.71 bits per heavy atom. The third kappa shape index (κ3) is 4.70. The minimum atomic E-state index is -1.25. The van der Waals surface area contributed by atoms with E-state index in [1.54, 1.807) is 0 Å². The summed E-state index contributed by atoms with van der Waals surface area (Å²) in [5, 5.41) is 10.3. The van der Waals surface area contributed by atoms with Crippen molar-refractivity contribution >= 4 is 17.3 Å². The van der Waals surface area contributed by atoms with Crippen LogP contribution in [0.15, 0.2) is 18.2 Å². The van der Waals surface area contributed by atoms with E-state index in [2.05, 4.69) is 0 Å². The molecule has 0 unspecified atom stereocenters. The molecule has 0 atom stereocenters. The van der Waals surface area contributed by atoms with Crippen molar-refractivity contribution in [1.29, 1.82) is 0 Å². The molecule has 0 spiro atoms. The summed E-state index contributed by atoms with van der Waals surface area (Å²) in [5.74, 6) is -1.25. The normalized spacial score (nSPS) is 7.43. The zero-order valence-corrected chi connectivity index (χ0v) is 10.6. The number of carbonyl (C=O) groups is 1. The zero-order valence-electron chi connectivity index (χ0n) is 7.78. The van der Waals surface area contributed by atoms with Gasteiger partial charge in [0.15, 0.2) is 0 Å². The van der Waals surface area contributed by atoms with Crippen LogP contribution < -0.4 is 41.4 Å². The second kappa shape index (κ2) is 7.92. The van der Waals surface area contributed by atoms with Gasteiger partial charge in [0.1, 0.15) is 0 Å². The number of carboxylic acid groups (broad SMARTS) is 1. The number of aromatic carboxylic acids is 1. The van der Waals surface area contributed by atoms with Gasteiger partial charge < -0.3 is 46.2 Å². The van der Waals surface area contributed by atoms with Crippen LogP contribution >= 0.6 is 0 Å². The molecule has 0 saturated carbocycles. The number of hydrogen-bond donors (Lipinski definition) is 2. The Bertz CT molecular complexity index is 315. The largest absolute Gasteiger partial charge is 2.00 e. The van der Waals surface area contributed by atoms with Gasteiger partial charge >= 0.3 is 22.5 Å².